The van der Waals surface area contributed by atoms with Crippen LogP contribution in [0.5, 0.6) is 5.75 Å². The molecule has 0 amide bonds. The predicted octanol–water partition coefficient (Wildman–Crippen LogP) is 1.04. The van der Waals surface area contributed by atoms with Gasteiger partial charge in [-0.1, -0.05) is 0 Å². The molecule has 2 N–H and O–H groups in total. The van der Waals surface area contributed by atoms with E-state index in [4.69, 9.17) is 14.8 Å². The summed E-state index contributed by atoms with van der Waals surface area (Å²) < 4.78 is 54.6. The zero-order valence-corrected chi connectivity index (χ0v) is 10.4. The lowest BCUT2D eigenvalue weighted by atomic mass is 9.79. The SMILES string of the molecule is COc1cc(B(O)O)cc(F)c1C(=O)CCC(F)(F)F. The summed E-state index contributed by atoms with van der Waals surface area (Å²) >= 11 is 0. The molecule has 0 aliphatic carbocycles. The van der Waals surface area contributed by atoms with Crippen molar-refractivity contribution in [3.05, 3.63) is 23.5 Å². The van der Waals surface area contributed by atoms with Crippen LogP contribution in [0.4, 0.5) is 17.6 Å². The van der Waals surface area contributed by atoms with Gasteiger partial charge in [0.25, 0.3) is 0 Å². The number of ketones is 1. The van der Waals surface area contributed by atoms with Gasteiger partial charge in [-0.3, -0.25) is 4.79 Å². The molecule has 0 radical (unpaired) electrons. The van der Waals surface area contributed by atoms with Crippen LogP contribution in [0.25, 0.3) is 0 Å². The fourth-order valence-electron chi connectivity index (χ4n) is 1.56. The number of Topliss-reactive ketones (excluding diaryl/α,β-unsaturated/α-hetero) is 1. The third-order valence-corrected chi connectivity index (χ3v) is 2.51. The summed E-state index contributed by atoms with van der Waals surface area (Å²) in [5.74, 6) is -2.59. The summed E-state index contributed by atoms with van der Waals surface area (Å²) in [4.78, 5) is 11.6. The van der Waals surface area contributed by atoms with Crippen LogP contribution < -0.4 is 10.2 Å². The van der Waals surface area contributed by atoms with Crippen molar-refractivity contribution in [3.8, 4) is 5.75 Å². The third kappa shape index (κ3) is 4.21. The molecule has 0 bridgehead atoms. The maximum Gasteiger partial charge on any atom is 0.488 e. The summed E-state index contributed by atoms with van der Waals surface area (Å²) in [6, 6.07) is 1.64. The average Bonchev–Trinajstić information content (AvgIpc) is 2.33. The van der Waals surface area contributed by atoms with Gasteiger partial charge in [0, 0.05) is 6.42 Å². The molecular weight excluding hydrogens is 283 g/mol. The summed E-state index contributed by atoms with van der Waals surface area (Å²) in [5.41, 5.74) is -0.909. The van der Waals surface area contributed by atoms with Crippen molar-refractivity contribution in [2.45, 2.75) is 19.0 Å². The van der Waals surface area contributed by atoms with E-state index >= 15 is 0 Å². The van der Waals surface area contributed by atoms with Crippen LogP contribution >= 0.6 is 0 Å². The first-order valence-electron chi connectivity index (χ1n) is 5.49. The lowest BCUT2D eigenvalue weighted by molar-refractivity contribution is -0.133. The Balaban J connectivity index is 3.08. The number of carbonyl (C=O) groups is 1. The molecule has 0 saturated heterocycles. The van der Waals surface area contributed by atoms with Crippen molar-refractivity contribution < 1.29 is 37.1 Å². The fraction of sp³-hybridized carbons (Fsp3) is 0.364. The molecule has 1 rings (SSSR count). The number of benzene rings is 1. The van der Waals surface area contributed by atoms with Gasteiger partial charge >= 0.3 is 13.3 Å². The van der Waals surface area contributed by atoms with E-state index in [9.17, 15) is 22.4 Å². The summed E-state index contributed by atoms with van der Waals surface area (Å²) in [6.45, 7) is 0. The van der Waals surface area contributed by atoms with Gasteiger partial charge in [0.2, 0.25) is 0 Å². The number of ether oxygens (including phenoxy) is 1. The summed E-state index contributed by atoms with van der Waals surface area (Å²) in [6.07, 6.45) is -6.82. The molecule has 0 heterocycles. The van der Waals surface area contributed by atoms with Crippen LogP contribution in [-0.2, 0) is 0 Å². The van der Waals surface area contributed by atoms with Crippen LogP contribution in [0.1, 0.15) is 23.2 Å². The van der Waals surface area contributed by atoms with Crippen LogP contribution in [0.15, 0.2) is 12.1 Å². The van der Waals surface area contributed by atoms with Crippen molar-refractivity contribution in [1.82, 2.24) is 0 Å². The molecule has 0 saturated carbocycles. The van der Waals surface area contributed by atoms with Gasteiger partial charge < -0.3 is 14.8 Å². The highest BCUT2D eigenvalue weighted by molar-refractivity contribution is 6.58. The normalized spacial score (nSPS) is 11.3. The van der Waals surface area contributed by atoms with Crippen LogP contribution in [0, 0.1) is 5.82 Å². The van der Waals surface area contributed by atoms with Gasteiger partial charge in [-0.25, -0.2) is 4.39 Å². The largest absolute Gasteiger partial charge is 0.496 e. The molecule has 0 aliphatic rings. The highest BCUT2D eigenvalue weighted by Crippen LogP contribution is 2.26. The number of rotatable bonds is 5. The Morgan fingerprint density at radius 1 is 1.35 bits per heavy atom. The second kappa shape index (κ2) is 6.23. The maximum absolute atomic E-state index is 13.7. The van der Waals surface area contributed by atoms with Crippen molar-refractivity contribution in [3.63, 3.8) is 0 Å². The second-order valence-corrected chi connectivity index (χ2v) is 3.99. The minimum atomic E-state index is -4.53. The molecule has 0 atom stereocenters. The molecule has 110 valence electrons. The minimum absolute atomic E-state index is 0.272. The monoisotopic (exact) mass is 294 g/mol. The van der Waals surface area contributed by atoms with E-state index in [0.717, 1.165) is 13.2 Å². The smallest absolute Gasteiger partial charge is 0.488 e. The first-order valence-corrected chi connectivity index (χ1v) is 5.49. The average molecular weight is 294 g/mol. The molecule has 0 aromatic heterocycles. The van der Waals surface area contributed by atoms with Gasteiger partial charge in [-0.15, -0.1) is 0 Å². The molecular formula is C11H11BF4O4. The molecule has 9 heteroatoms. The minimum Gasteiger partial charge on any atom is -0.496 e. The van der Waals surface area contributed by atoms with E-state index in [1.54, 1.807) is 0 Å². The molecule has 4 nitrogen and oxygen atoms in total. The Bertz CT molecular complexity index is 502. The Kier molecular flexibility index (Phi) is 5.12. The third-order valence-electron chi connectivity index (χ3n) is 2.51. The number of hydrogen-bond donors (Lipinski definition) is 2. The lowest BCUT2D eigenvalue weighted by Crippen LogP contribution is -2.31. The molecule has 0 aliphatic heterocycles. The van der Waals surface area contributed by atoms with Gasteiger partial charge in [-0.05, 0) is 17.6 Å². The molecule has 1 aromatic rings. The van der Waals surface area contributed by atoms with E-state index in [2.05, 4.69) is 0 Å². The van der Waals surface area contributed by atoms with Crippen molar-refractivity contribution in [1.29, 1.82) is 0 Å². The molecule has 20 heavy (non-hydrogen) atoms. The Morgan fingerprint density at radius 2 is 1.95 bits per heavy atom. The van der Waals surface area contributed by atoms with Gasteiger partial charge in [0.15, 0.2) is 5.78 Å². The van der Waals surface area contributed by atoms with E-state index in [1.807, 2.05) is 0 Å². The maximum atomic E-state index is 13.7. The zero-order chi connectivity index (χ0) is 15.5. The van der Waals surface area contributed by atoms with E-state index in [1.165, 1.54) is 0 Å². The number of carbonyl (C=O) groups excluding carboxylic acids is 1. The Labute approximate surface area is 112 Å². The summed E-state index contributed by atoms with van der Waals surface area (Å²) in [5, 5.41) is 17.8. The standard InChI is InChI=1S/C11H11BF4O4/c1-20-9-5-6(12(18)19)4-7(13)10(9)8(17)2-3-11(14,15)16/h4-5,18-19H,2-3H2,1H3. The van der Waals surface area contributed by atoms with Gasteiger partial charge in [-0.2, -0.15) is 13.2 Å². The first-order chi connectivity index (χ1) is 9.15. The topological polar surface area (TPSA) is 66.8 Å². The molecule has 1 aromatic carbocycles. The first kappa shape index (κ1) is 16.4. The van der Waals surface area contributed by atoms with E-state index in [-0.39, 0.29) is 11.2 Å². The lowest BCUT2D eigenvalue weighted by Gasteiger charge is -2.12. The second-order valence-electron chi connectivity index (χ2n) is 3.99. The van der Waals surface area contributed by atoms with E-state index < -0.39 is 43.3 Å². The Morgan fingerprint density at radius 3 is 2.40 bits per heavy atom. The molecule has 0 spiro atoms. The fourth-order valence-corrected chi connectivity index (χ4v) is 1.56. The van der Waals surface area contributed by atoms with Crippen molar-refractivity contribution >= 4 is 18.4 Å². The van der Waals surface area contributed by atoms with E-state index in [0.29, 0.717) is 6.07 Å². The predicted molar refractivity (Wildman–Crippen MR) is 62.4 cm³/mol. The number of halogens is 4. The van der Waals surface area contributed by atoms with Crippen molar-refractivity contribution in [2.24, 2.45) is 0 Å². The van der Waals surface area contributed by atoms with Crippen LogP contribution in [0.2, 0.25) is 0 Å². The van der Waals surface area contributed by atoms with Crippen LogP contribution in [0.3, 0.4) is 0 Å². The summed E-state index contributed by atoms with van der Waals surface area (Å²) in [7, 11) is -0.902. The van der Waals surface area contributed by atoms with Gasteiger partial charge in [0.05, 0.1) is 19.1 Å². The van der Waals surface area contributed by atoms with Gasteiger partial charge in [0.1, 0.15) is 11.6 Å². The quantitative estimate of drug-likeness (QED) is 0.484. The molecule has 0 unspecified atom stereocenters. The zero-order valence-electron chi connectivity index (χ0n) is 10.4. The highest BCUT2D eigenvalue weighted by atomic mass is 19.4. The van der Waals surface area contributed by atoms with Crippen molar-refractivity contribution in [2.75, 3.05) is 7.11 Å². The number of alkyl halides is 3. The Hall–Kier alpha value is -1.61. The highest BCUT2D eigenvalue weighted by Gasteiger charge is 2.30. The number of hydrogen-bond acceptors (Lipinski definition) is 4. The number of methoxy groups -OCH3 is 1. The molecule has 0 fully saturated rings. The van der Waals surface area contributed by atoms with Crippen LogP contribution in [-0.4, -0.2) is 36.2 Å².